The topological polar surface area (TPSA) is 79.8 Å². The number of benzene rings is 4. The van der Waals surface area contributed by atoms with Crippen LogP contribution in [0.15, 0.2) is 116 Å². The number of halogens is 3. The fourth-order valence-corrected chi connectivity index (χ4v) is 7.93. The summed E-state index contributed by atoms with van der Waals surface area (Å²) < 4.78 is 48.1. The van der Waals surface area contributed by atoms with Crippen molar-refractivity contribution in [2.75, 3.05) is 76.0 Å². The SMILES string of the molecule is CN(C)c1ccc2c(c1)CC(C1=NC3=CC(OC(F)(F)F)=CC4=NC(n5c6cc(N(C)C)ccc6c6ccc(N(C)C)cc65)=NC(=N1)N34)c1cc(N(C)C)ccc1-2. The van der Waals surface area contributed by atoms with Crippen molar-refractivity contribution in [3.8, 4) is 11.1 Å². The molecule has 11 nitrogen and oxygen atoms in total. The highest BCUT2D eigenvalue weighted by Crippen LogP contribution is 2.45. The van der Waals surface area contributed by atoms with E-state index in [9.17, 15) is 13.2 Å². The van der Waals surface area contributed by atoms with Crippen LogP contribution in [0.1, 0.15) is 17.0 Å². The molecule has 4 aromatic carbocycles. The molecule has 0 N–H and O–H groups in total. The van der Waals surface area contributed by atoms with Gasteiger partial charge < -0.3 is 24.3 Å². The van der Waals surface area contributed by atoms with Crippen LogP contribution in [0.3, 0.4) is 0 Å². The molecule has 14 heteroatoms. The van der Waals surface area contributed by atoms with Crippen molar-refractivity contribution in [3.05, 3.63) is 108 Å². The number of aliphatic imine (C=N–C) groups is 4. The van der Waals surface area contributed by atoms with Gasteiger partial charge in [-0.15, -0.1) is 13.2 Å². The van der Waals surface area contributed by atoms with Crippen LogP contribution in [0, 0.1) is 0 Å². The van der Waals surface area contributed by atoms with Crippen molar-refractivity contribution in [1.82, 2.24) is 9.47 Å². The number of nitrogens with zero attached hydrogens (tertiary/aromatic N) is 10. The van der Waals surface area contributed by atoms with Gasteiger partial charge in [-0.3, -0.25) is 4.57 Å². The van der Waals surface area contributed by atoms with Crippen LogP contribution in [0.4, 0.5) is 35.9 Å². The van der Waals surface area contributed by atoms with Gasteiger partial charge >= 0.3 is 6.36 Å². The first-order valence-corrected chi connectivity index (χ1v) is 18.5. The molecule has 0 saturated heterocycles. The van der Waals surface area contributed by atoms with E-state index in [1.165, 1.54) is 12.2 Å². The smallest absolute Gasteiger partial charge is 0.406 e. The van der Waals surface area contributed by atoms with E-state index in [2.05, 4.69) is 82.4 Å². The molecule has 1 atom stereocenters. The summed E-state index contributed by atoms with van der Waals surface area (Å²) in [5, 5.41) is 1.96. The van der Waals surface area contributed by atoms with E-state index in [4.69, 9.17) is 20.0 Å². The van der Waals surface area contributed by atoms with Gasteiger partial charge in [0.15, 0.2) is 0 Å². The van der Waals surface area contributed by atoms with E-state index in [0.717, 1.165) is 66.8 Å². The number of rotatable bonds is 6. The number of guanidine groups is 1. The Bertz CT molecular complexity index is 2650. The molecule has 1 unspecified atom stereocenters. The molecule has 9 rings (SSSR count). The Morgan fingerprint density at radius 3 is 1.77 bits per heavy atom. The van der Waals surface area contributed by atoms with Gasteiger partial charge in [-0.25, -0.2) is 9.89 Å². The monoisotopic (exact) mass is 770 g/mol. The third-order valence-electron chi connectivity index (χ3n) is 10.8. The Morgan fingerprint density at radius 2 is 1.18 bits per heavy atom. The molecule has 5 aromatic rings. The highest BCUT2D eigenvalue weighted by atomic mass is 19.4. The molecule has 3 aliphatic heterocycles. The van der Waals surface area contributed by atoms with Gasteiger partial charge in [0, 0.05) is 108 Å². The van der Waals surface area contributed by atoms with Crippen LogP contribution in [-0.2, 0) is 11.2 Å². The number of aromatic nitrogens is 1. The summed E-state index contributed by atoms with van der Waals surface area (Å²) in [7, 11) is 15.9. The lowest BCUT2D eigenvalue weighted by molar-refractivity contribution is -0.303. The zero-order chi connectivity index (χ0) is 40.1. The Kier molecular flexibility index (Phi) is 8.23. The van der Waals surface area contributed by atoms with Crippen molar-refractivity contribution in [2.24, 2.45) is 20.0 Å². The van der Waals surface area contributed by atoms with Gasteiger partial charge in [0.25, 0.3) is 0 Å². The Balaban J connectivity index is 1.28. The molecule has 1 aromatic heterocycles. The number of allylic oxidation sites excluding steroid dienone is 1. The highest BCUT2D eigenvalue weighted by Gasteiger charge is 2.40. The fourth-order valence-electron chi connectivity index (χ4n) is 7.93. The van der Waals surface area contributed by atoms with Gasteiger partial charge in [0.05, 0.1) is 11.0 Å². The quantitative estimate of drug-likeness (QED) is 0.174. The standard InChI is InChI=1S/C43H41F3N10O/c1-51(2)25-9-13-30-24(17-25)18-35(34-19-26(52(3)4)10-14-31(30)34)40-47-38-22-29(57-43(44,45)46)23-39-48-41(50-42(49-40)56(38)39)55-36-20-27(53(5)6)11-15-32(36)33-16-12-28(54(7)8)21-37(33)55/h9-17,19-23,35H,18H2,1-8H3. The zero-order valence-corrected chi connectivity index (χ0v) is 32.9. The lowest BCUT2D eigenvalue weighted by Crippen LogP contribution is -2.44. The number of anilines is 4. The minimum Gasteiger partial charge on any atom is -0.406 e. The minimum atomic E-state index is -4.94. The van der Waals surface area contributed by atoms with Gasteiger partial charge in [0.2, 0.25) is 11.9 Å². The second kappa shape index (κ2) is 13.0. The highest BCUT2D eigenvalue weighted by molar-refractivity contribution is 6.25. The number of alkyl halides is 3. The summed E-state index contributed by atoms with van der Waals surface area (Å²) in [6.07, 6.45) is -1.85. The first-order valence-electron chi connectivity index (χ1n) is 18.5. The number of fused-ring (bicyclic) bond motifs is 6. The maximum Gasteiger partial charge on any atom is 0.573 e. The summed E-state index contributed by atoms with van der Waals surface area (Å²) in [6, 6.07) is 25.2. The maximum absolute atomic E-state index is 13.9. The summed E-state index contributed by atoms with van der Waals surface area (Å²) >= 11 is 0. The van der Waals surface area contributed by atoms with Crippen LogP contribution >= 0.6 is 0 Å². The molecular formula is C43H41F3N10O. The third kappa shape index (κ3) is 6.15. The first kappa shape index (κ1) is 36.1. The van der Waals surface area contributed by atoms with Crippen LogP contribution in [0.2, 0.25) is 0 Å². The molecule has 57 heavy (non-hydrogen) atoms. The largest absolute Gasteiger partial charge is 0.573 e. The average Bonchev–Trinajstić information content (AvgIpc) is 3.49. The molecular weight excluding hydrogens is 730 g/mol. The molecule has 290 valence electrons. The number of hydrogen-bond donors (Lipinski definition) is 0. The van der Waals surface area contributed by atoms with Crippen molar-refractivity contribution in [2.45, 2.75) is 18.7 Å². The van der Waals surface area contributed by atoms with Crippen molar-refractivity contribution < 1.29 is 17.9 Å². The van der Waals surface area contributed by atoms with Crippen LogP contribution in [0.25, 0.3) is 32.9 Å². The Hall–Kier alpha value is -6.57. The summed E-state index contributed by atoms with van der Waals surface area (Å²) in [6.45, 7) is 0. The van der Waals surface area contributed by atoms with Gasteiger partial charge in [0.1, 0.15) is 23.3 Å². The summed E-state index contributed by atoms with van der Waals surface area (Å²) in [5.41, 5.74) is 9.97. The van der Waals surface area contributed by atoms with E-state index >= 15 is 0 Å². The first-order chi connectivity index (χ1) is 27.1. The Labute approximate surface area is 328 Å². The van der Waals surface area contributed by atoms with Crippen LogP contribution in [0.5, 0.6) is 0 Å². The van der Waals surface area contributed by atoms with Gasteiger partial charge in [-0.05, 0) is 77.2 Å². The number of hydrogen-bond acceptors (Lipinski definition) is 10. The molecule has 0 radical (unpaired) electrons. The predicted octanol–water partition coefficient (Wildman–Crippen LogP) is 8.03. The van der Waals surface area contributed by atoms with Crippen molar-refractivity contribution in [1.29, 1.82) is 0 Å². The van der Waals surface area contributed by atoms with Gasteiger partial charge in [-0.2, -0.15) is 15.0 Å². The van der Waals surface area contributed by atoms with Crippen molar-refractivity contribution >= 4 is 68.1 Å². The predicted molar refractivity (Wildman–Crippen MR) is 225 cm³/mol. The van der Waals surface area contributed by atoms with Gasteiger partial charge in [-0.1, -0.05) is 24.3 Å². The summed E-state index contributed by atoms with van der Waals surface area (Å²) in [4.78, 5) is 29.9. The lowest BCUT2D eigenvalue weighted by Gasteiger charge is -2.35. The average molecular weight is 771 g/mol. The molecule has 4 aliphatic rings. The van der Waals surface area contributed by atoms with E-state index in [0.29, 0.717) is 12.3 Å². The molecule has 4 heterocycles. The number of ether oxygens (including phenoxy) is 1. The molecule has 0 amide bonds. The van der Waals surface area contributed by atoms with Crippen molar-refractivity contribution in [3.63, 3.8) is 0 Å². The lowest BCUT2D eigenvalue weighted by atomic mass is 9.77. The van der Waals surface area contributed by atoms with E-state index < -0.39 is 12.1 Å². The van der Waals surface area contributed by atoms with E-state index in [-0.39, 0.29) is 29.5 Å². The molecule has 1 aliphatic carbocycles. The van der Waals surface area contributed by atoms with Crippen LogP contribution in [-0.4, -0.2) is 95.8 Å². The van der Waals surface area contributed by atoms with E-state index in [1.807, 2.05) is 75.6 Å². The molecule has 0 saturated carbocycles. The molecule has 0 fully saturated rings. The second-order valence-electron chi connectivity index (χ2n) is 15.4. The molecule has 0 spiro atoms. The van der Waals surface area contributed by atoms with E-state index in [1.54, 1.807) is 4.90 Å². The maximum atomic E-state index is 13.9. The zero-order valence-electron chi connectivity index (χ0n) is 32.9. The third-order valence-corrected chi connectivity index (χ3v) is 10.8. The molecule has 0 bridgehead atoms. The minimum absolute atomic E-state index is 0.153. The Morgan fingerprint density at radius 1 is 0.614 bits per heavy atom. The second-order valence-corrected chi connectivity index (χ2v) is 15.4. The van der Waals surface area contributed by atoms with Crippen LogP contribution < -0.4 is 19.6 Å². The summed E-state index contributed by atoms with van der Waals surface area (Å²) in [5.74, 6) is 0.466. The number of amidine groups is 2. The fraction of sp³-hybridized carbons (Fsp3) is 0.256. The normalized spacial score (nSPS) is 17.0.